The van der Waals surface area contributed by atoms with E-state index in [0.29, 0.717) is 13.0 Å². The molecule has 156 valence electrons. The van der Waals surface area contributed by atoms with Crippen molar-refractivity contribution in [3.63, 3.8) is 0 Å². The van der Waals surface area contributed by atoms with E-state index in [9.17, 15) is 8.42 Å². The Hall–Kier alpha value is -1.67. The van der Waals surface area contributed by atoms with Crippen molar-refractivity contribution in [3.8, 4) is 0 Å². The van der Waals surface area contributed by atoms with Crippen LogP contribution in [0.15, 0.2) is 33.6 Å². The maximum atomic E-state index is 12.8. The first kappa shape index (κ1) is 21.0. The minimum Gasteiger partial charge on any atom is -0.332 e. The summed E-state index contributed by atoms with van der Waals surface area (Å²) in [5.74, 6) is 1.03. The summed E-state index contributed by atoms with van der Waals surface area (Å²) >= 11 is 0. The van der Waals surface area contributed by atoms with Gasteiger partial charge in [-0.15, -0.1) is 0 Å². The molecule has 1 aromatic heterocycles. The molecule has 0 amide bonds. The molecule has 3 rings (SSSR count). The SMILES string of the molecule is C[C@@H]1N=C(C(C)(C)C)N2C[C@@H](NS(=O)(=O)c3cnn(C)c3)CC2=C1C(C)(C)C. The number of amidine groups is 1. The van der Waals surface area contributed by atoms with E-state index in [1.165, 1.54) is 28.3 Å². The molecule has 28 heavy (non-hydrogen) atoms. The Bertz CT molecular complexity index is 929. The Labute approximate surface area is 169 Å². The Morgan fingerprint density at radius 3 is 2.29 bits per heavy atom. The lowest BCUT2D eigenvalue weighted by Crippen LogP contribution is -2.45. The third-order valence-corrected chi connectivity index (χ3v) is 6.74. The average Bonchev–Trinajstić information content (AvgIpc) is 3.09. The van der Waals surface area contributed by atoms with Crippen molar-refractivity contribution >= 4 is 15.9 Å². The van der Waals surface area contributed by atoms with Crippen LogP contribution in [-0.2, 0) is 17.1 Å². The number of hydrogen-bond donors (Lipinski definition) is 1. The van der Waals surface area contributed by atoms with Gasteiger partial charge in [0.25, 0.3) is 0 Å². The van der Waals surface area contributed by atoms with Crippen LogP contribution in [0, 0.1) is 10.8 Å². The molecular formula is C20H33N5O2S. The molecule has 3 heterocycles. The Morgan fingerprint density at radius 2 is 1.79 bits per heavy atom. The highest BCUT2D eigenvalue weighted by Crippen LogP contribution is 2.43. The van der Waals surface area contributed by atoms with E-state index in [1.807, 2.05) is 0 Å². The normalized spacial score (nSPS) is 23.9. The fourth-order valence-electron chi connectivity index (χ4n) is 4.33. The first-order valence-corrected chi connectivity index (χ1v) is 11.3. The van der Waals surface area contributed by atoms with Crippen LogP contribution in [0.4, 0.5) is 0 Å². The zero-order valence-electron chi connectivity index (χ0n) is 18.2. The van der Waals surface area contributed by atoms with Gasteiger partial charge in [0.1, 0.15) is 10.7 Å². The van der Waals surface area contributed by atoms with Crippen molar-refractivity contribution in [3.05, 3.63) is 23.7 Å². The zero-order valence-corrected chi connectivity index (χ0v) is 19.1. The standard InChI is InChI=1S/C20H33N5O2S/c1-13-17(19(2,3)4)16-9-14(11-25(16)18(22-13)20(5,6)7)23-28(26,27)15-10-21-24(8)12-15/h10,12-14,23H,9,11H2,1-8H3/t13-,14-/m0/s1. The van der Waals surface area contributed by atoms with Gasteiger partial charge in [-0.1, -0.05) is 41.5 Å². The molecule has 0 saturated carbocycles. The van der Waals surface area contributed by atoms with Crippen LogP contribution >= 0.6 is 0 Å². The van der Waals surface area contributed by atoms with Crippen molar-refractivity contribution in [2.45, 2.75) is 71.9 Å². The third-order valence-electron chi connectivity index (χ3n) is 5.26. The summed E-state index contributed by atoms with van der Waals surface area (Å²) in [6.45, 7) is 15.8. The van der Waals surface area contributed by atoms with E-state index in [1.54, 1.807) is 7.05 Å². The van der Waals surface area contributed by atoms with E-state index < -0.39 is 10.0 Å². The topological polar surface area (TPSA) is 79.6 Å². The van der Waals surface area contributed by atoms with Crippen molar-refractivity contribution < 1.29 is 8.42 Å². The molecule has 0 aromatic carbocycles. The van der Waals surface area contributed by atoms with Crippen LogP contribution in [0.3, 0.4) is 0 Å². The van der Waals surface area contributed by atoms with Gasteiger partial charge in [-0.25, -0.2) is 13.1 Å². The van der Waals surface area contributed by atoms with Crippen molar-refractivity contribution in [2.75, 3.05) is 6.54 Å². The maximum Gasteiger partial charge on any atom is 0.244 e. The number of aliphatic imine (C=N–C) groups is 1. The number of fused-ring (bicyclic) bond motifs is 1. The van der Waals surface area contributed by atoms with Crippen LogP contribution in [-0.4, -0.2) is 47.6 Å². The summed E-state index contributed by atoms with van der Waals surface area (Å²) in [6.07, 6.45) is 3.58. The van der Waals surface area contributed by atoms with E-state index in [2.05, 4.69) is 63.2 Å². The van der Waals surface area contributed by atoms with Gasteiger partial charge in [0.05, 0.1) is 12.2 Å². The summed E-state index contributed by atoms with van der Waals surface area (Å²) in [6, 6.07) is -0.107. The minimum absolute atomic E-state index is 0.0307. The smallest absolute Gasteiger partial charge is 0.244 e. The summed E-state index contributed by atoms with van der Waals surface area (Å²) in [4.78, 5) is 7.47. The highest BCUT2D eigenvalue weighted by atomic mass is 32.2. The number of nitrogens with zero attached hydrogens (tertiary/aromatic N) is 4. The lowest BCUT2D eigenvalue weighted by Gasteiger charge is -2.41. The van der Waals surface area contributed by atoms with Gasteiger partial charge in [0, 0.05) is 43.4 Å². The van der Waals surface area contributed by atoms with E-state index in [4.69, 9.17) is 4.99 Å². The fraction of sp³-hybridized carbons (Fsp3) is 0.700. The monoisotopic (exact) mass is 407 g/mol. The van der Waals surface area contributed by atoms with Crippen LogP contribution < -0.4 is 4.72 Å². The third kappa shape index (κ3) is 3.89. The highest BCUT2D eigenvalue weighted by molar-refractivity contribution is 7.89. The molecule has 2 aliphatic heterocycles. The Morgan fingerprint density at radius 1 is 1.14 bits per heavy atom. The highest BCUT2D eigenvalue weighted by Gasteiger charge is 2.43. The van der Waals surface area contributed by atoms with Gasteiger partial charge < -0.3 is 4.90 Å². The molecule has 0 radical (unpaired) electrons. The second-order valence-corrected chi connectivity index (χ2v) is 11.7. The molecule has 1 saturated heterocycles. The number of rotatable bonds is 3. The second kappa shape index (κ2) is 6.69. The van der Waals surface area contributed by atoms with Crippen LogP contribution in [0.25, 0.3) is 0 Å². The quantitative estimate of drug-likeness (QED) is 0.835. The van der Waals surface area contributed by atoms with E-state index in [-0.39, 0.29) is 27.8 Å². The van der Waals surface area contributed by atoms with Crippen molar-refractivity contribution in [2.24, 2.45) is 22.9 Å². The van der Waals surface area contributed by atoms with Crippen molar-refractivity contribution in [1.82, 2.24) is 19.4 Å². The van der Waals surface area contributed by atoms with Gasteiger partial charge >= 0.3 is 0 Å². The average molecular weight is 408 g/mol. The number of hydrogen-bond acceptors (Lipinski definition) is 5. The zero-order chi connectivity index (χ0) is 21.1. The lowest BCUT2D eigenvalue weighted by molar-refractivity contribution is 0.393. The number of sulfonamides is 1. The summed E-state index contributed by atoms with van der Waals surface area (Å²) in [5, 5.41) is 3.99. The largest absolute Gasteiger partial charge is 0.332 e. The number of nitrogens with one attached hydrogen (secondary N) is 1. The molecule has 2 aliphatic rings. The minimum atomic E-state index is -3.61. The Balaban J connectivity index is 1.96. The molecule has 0 spiro atoms. The first-order chi connectivity index (χ1) is 12.7. The van der Waals surface area contributed by atoms with Gasteiger partial charge in [-0.3, -0.25) is 9.67 Å². The molecule has 1 fully saturated rings. The van der Waals surface area contributed by atoms with Crippen LogP contribution in [0.5, 0.6) is 0 Å². The maximum absolute atomic E-state index is 12.8. The molecule has 1 aromatic rings. The molecule has 7 nitrogen and oxygen atoms in total. The first-order valence-electron chi connectivity index (χ1n) is 9.80. The van der Waals surface area contributed by atoms with Gasteiger partial charge in [0.2, 0.25) is 10.0 Å². The van der Waals surface area contributed by atoms with E-state index in [0.717, 1.165) is 5.84 Å². The van der Waals surface area contributed by atoms with E-state index >= 15 is 0 Å². The molecular weight excluding hydrogens is 374 g/mol. The molecule has 0 bridgehead atoms. The van der Waals surface area contributed by atoms with Gasteiger partial charge in [0.15, 0.2) is 0 Å². The molecule has 2 atom stereocenters. The van der Waals surface area contributed by atoms with Gasteiger partial charge in [-0.2, -0.15) is 5.10 Å². The predicted octanol–water partition coefficient (Wildman–Crippen LogP) is 2.92. The molecule has 8 heteroatoms. The second-order valence-electron chi connectivity index (χ2n) is 9.97. The van der Waals surface area contributed by atoms with Crippen molar-refractivity contribution in [1.29, 1.82) is 0 Å². The summed E-state index contributed by atoms with van der Waals surface area (Å²) < 4.78 is 30.0. The number of aromatic nitrogens is 2. The van der Waals surface area contributed by atoms with Crippen LogP contribution in [0.1, 0.15) is 54.9 Å². The molecule has 0 unspecified atom stereocenters. The number of aryl methyl sites for hydroxylation is 1. The van der Waals surface area contributed by atoms with Gasteiger partial charge in [-0.05, 0) is 17.9 Å². The fourth-order valence-corrected chi connectivity index (χ4v) is 5.54. The summed E-state index contributed by atoms with van der Waals surface area (Å²) in [7, 11) is -1.90. The summed E-state index contributed by atoms with van der Waals surface area (Å²) in [5.41, 5.74) is 2.37. The molecule has 1 N–H and O–H groups in total. The molecule has 0 aliphatic carbocycles. The predicted molar refractivity (Wildman–Crippen MR) is 111 cm³/mol. The van der Waals surface area contributed by atoms with Crippen LogP contribution in [0.2, 0.25) is 0 Å². The Kier molecular flexibility index (Phi) is 5.03. The lowest BCUT2D eigenvalue weighted by atomic mass is 9.79.